The van der Waals surface area contributed by atoms with Gasteiger partial charge in [-0.3, -0.25) is 9.59 Å². The van der Waals surface area contributed by atoms with Gasteiger partial charge in [-0.25, -0.2) is 13.1 Å². The number of amides is 2. The van der Waals surface area contributed by atoms with Crippen LogP contribution in [-0.4, -0.2) is 72.7 Å². The molecule has 0 bridgehead atoms. The molecule has 0 aliphatic carbocycles. The fourth-order valence-corrected chi connectivity index (χ4v) is 7.17. The number of carbonyl (C=O) groups is 2. The van der Waals surface area contributed by atoms with Crippen molar-refractivity contribution in [2.75, 3.05) is 24.7 Å². The highest BCUT2D eigenvalue weighted by molar-refractivity contribution is 7.91. The lowest BCUT2D eigenvalue weighted by molar-refractivity contribution is -0.144. The van der Waals surface area contributed by atoms with Gasteiger partial charge in [0, 0.05) is 23.9 Å². The van der Waals surface area contributed by atoms with Gasteiger partial charge in [-0.2, -0.15) is 13.9 Å². The van der Waals surface area contributed by atoms with Crippen molar-refractivity contribution in [3.05, 3.63) is 78.0 Å². The van der Waals surface area contributed by atoms with Gasteiger partial charge >= 0.3 is 5.92 Å². The molecule has 14 heteroatoms. The van der Waals surface area contributed by atoms with E-state index in [-0.39, 0.29) is 17.4 Å². The van der Waals surface area contributed by atoms with E-state index >= 15 is 0 Å². The summed E-state index contributed by atoms with van der Waals surface area (Å²) in [6.45, 7) is 2.87. The predicted octanol–water partition coefficient (Wildman–Crippen LogP) is 3.99. The Morgan fingerprint density at radius 2 is 1.85 bits per heavy atom. The molecule has 0 radical (unpaired) electrons. The number of sulfone groups is 1. The number of nitrogens with zero attached hydrogens (tertiary/aromatic N) is 2. The van der Waals surface area contributed by atoms with E-state index in [1.165, 1.54) is 0 Å². The standard InChI is InChI=1S/C32H32F2N4O7S/c1-19(36-31(40)32(2,33)34)29(20-6-9-27-28(16-20)44-12-11-43-27)45-25-7-8-26-22(15-25)17-35-38(26)24-5-3-4-21(14-24)30(39)37-23-10-13-46(41,42)18-23/h3-9,14-17,19,23,29H,10-13,18H2,1-2H3,(H,36,40)(H,37,39)/t19?,23-,29?/m1/s1. The van der Waals surface area contributed by atoms with Crippen LogP contribution in [0.1, 0.15) is 42.3 Å². The molecule has 2 aliphatic heterocycles. The number of aromatic nitrogens is 2. The summed E-state index contributed by atoms with van der Waals surface area (Å²) in [5.74, 6) is -3.95. The van der Waals surface area contributed by atoms with Crippen molar-refractivity contribution >= 4 is 32.6 Å². The molecule has 6 rings (SSSR count). The molecule has 2 unspecified atom stereocenters. The van der Waals surface area contributed by atoms with Gasteiger partial charge in [-0.05, 0) is 67.4 Å². The monoisotopic (exact) mass is 654 g/mol. The Morgan fingerprint density at radius 3 is 2.59 bits per heavy atom. The minimum Gasteiger partial charge on any atom is -0.486 e. The molecular weight excluding hydrogens is 622 g/mol. The van der Waals surface area contributed by atoms with Gasteiger partial charge in [0.05, 0.1) is 34.9 Å². The van der Waals surface area contributed by atoms with Crippen molar-refractivity contribution in [3.63, 3.8) is 0 Å². The van der Waals surface area contributed by atoms with E-state index in [1.807, 2.05) is 0 Å². The van der Waals surface area contributed by atoms with Crippen molar-refractivity contribution in [1.29, 1.82) is 0 Å². The second kappa shape index (κ2) is 12.2. The lowest BCUT2D eigenvalue weighted by Gasteiger charge is -2.28. The van der Waals surface area contributed by atoms with E-state index < -0.39 is 39.9 Å². The first-order chi connectivity index (χ1) is 21.9. The molecule has 2 N–H and O–H groups in total. The van der Waals surface area contributed by atoms with Crippen LogP contribution in [0.4, 0.5) is 8.78 Å². The number of fused-ring (bicyclic) bond motifs is 2. The first kappa shape index (κ1) is 31.3. The van der Waals surface area contributed by atoms with Crippen LogP contribution in [-0.2, 0) is 14.6 Å². The molecule has 11 nitrogen and oxygen atoms in total. The fourth-order valence-electron chi connectivity index (χ4n) is 5.50. The number of halogens is 2. The SMILES string of the molecule is CC(NC(=O)C(C)(F)F)C(Oc1ccc2c(cnn2-c2cccc(C(=O)N[C@@H]3CCS(=O)(=O)C3)c2)c1)c1ccc2c(c1)OCCO2. The third-order valence-corrected chi connectivity index (χ3v) is 9.60. The molecule has 1 saturated heterocycles. The third-order valence-electron chi connectivity index (χ3n) is 7.83. The Bertz CT molecular complexity index is 1910. The number of benzene rings is 3. The smallest absolute Gasteiger partial charge is 0.321 e. The predicted molar refractivity (Wildman–Crippen MR) is 165 cm³/mol. The van der Waals surface area contributed by atoms with Crippen molar-refractivity contribution in [3.8, 4) is 22.9 Å². The van der Waals surface area contributed by atoms with E-state index in [0.29, 0.717) is 71.5 Å². The Hall–Kier alpha value is -4.72. The minimum absolute atomic E-state index is 0.0582. The zero-order valence-electron chi connectivity index (χ0n) is 25.0. The number of carbonyl (C=O) groups excluding carboxylic acids is 2. The van der Waals surface area contributed by atoms with Crippen molar-refractivity contribution < 1.29 is 41.0 Å². The third kappa shape index (κ3) is 6.76. The largest absolute Gasteiger partial charge is 0.486 e. The molecule has 2 aliphatic rings. The second-order valence-corrected chi connectivity index (χ2v) is 13.7. The molecule has 3 atom stereocenters. The van der Waals surface area contributed by atoms with Gasteiger partial charge in [0.25, 0.3) is 11.8 Å². The second-order valence-electron chi connectivity index (χ2n) is 11.5. The molecule has 2 amide bonds. The van der Waals surface area contributed by atoms with Crippen LogP contribution in [0.5, 0.6) is 17.2 Å². The van der Waals surface area contributed by atoms with Crippen molar-refractivity contribution in [2.45, 2.75) is 44.4 Å². The average Bonchev–Trinajstić information content (AvgIpc) is 3.60. The highest BCUT2D eigenvalue weighted by atomic mass is 32.2. The Kier molecular flexibility index (Phi) is 8.32. The molecule has 1 aromatic heterocycles. The van der Waals surface area contributed by atoms with Gasteiger partial charge in [-0.1, -0.05) is 12.1 Å². The lowest BCUT2D eigenvalue weighted by atomic mass is 10.0. The minimum atomic E-state index is -3.58. The topological polar surface area (TPSA) is 138 Å². The molecule has 3 aromatic carbocycles. The molecule has 0 spiro atoms. The van der Waals surface area contributed by atoms with Crippen LogP contribution in [0.2, 0.25) is 0 Å². The summed E-state index contributed by atoms with van der Waals surface area (Å²) in [6, 6.07) is 15.9. The summed E-state index contributed by atoms with van der Waals surface area (Å²) in [5.41, 5.74) is 2.26. The number of hydrogen-bond donors (Lipinski definition) is 2. The Labute approximate surface area is 263 Å². The van der Waals surface area contributed by atoms with Crippen LogP contribution in [0.15, 0.2) is 66.9 Å². The van der Waals surface area contributed by atoms with Gasteiger partial charge in [0.1, 0.15) is 25.1 Å². The van der Waals surface area contributed by atoms with Gasteiger partial charge in [-0.15, -0.1) is 0 Å². The van der Waals surface area contributed by atoms with Gasteiger partial charge in [0.15, 0.2) is 21.3 Å². The number of nitrogens with one attached hydrogen (secondary N) is 2. The quantitative estimate of drug-likeness (QED) is 0.277. The first-order valence-corrected chi connectivity index (χ1v) is 16.5. The number of ether oxygens (including phenoxy) is 3. The number of alkyl halides is 2. The van der Waals surface area contributed by atoms with Crippen LogP contribution in [0.25, 0.3) is 16.6 Å². The summed E-state index contributed by atoms with van der Waals surface area (Å²) in [4.78, 5) is 25.0. The maximum absolute atomic E-state index is 13.8. The molecular formula is C32H32F2N4O7S. The van der Waals surface area contributed by atoms with Crippen LogP contribution >= 0.6 is 0 Å². The molecule has 1 fully saturated rings. The molecule has 4 aromatic rings. The molecule has 46 heavy (non-hydrogen) atoms. The van der Waals surface area contributed by atoms with Gasteiger partial charge < -0.3 is 24.8 Å². The van der Waals surface area contributed by atoms with E-state index in [9.17, 15) is 26.8 Å². The molecule has 3 heterocycles. The van der Waals surface area contributed by atoms with E-state index in [0.717, 1.165) is 0 Å². The molecule has 242 valence electrons. The number of rotatable bonds is 9. The number of hydrogen-bond acceptors (Lipinski definition) is 8. The normalized spacial score (nSPS) is 18.5. The van der Waals surface area contributed by atoms with E-state index in [1.54, 1.807) is 78.5 Å². The average molecular weight is 655 g/mol. The lowest BCUT2D eigenvalue weighted by Crippen LogP contribution is -2.46. The highest BCUT2D eigenvalue weighted by Gasteiger charge is 2.35. The van der Waals surface area contributed by atoms with E-state index in [2.05, 4.69) is 15.7 Å². The maximum atomic E-state index is 13.8. The Morgan fingerprint density at radius 1 is 1.07 bits per heavy atom. The summed E-state index contributed by atoms with van der Waals surface area (Å²) >= 11 is 0. The maximum Gasteiger partial charge on any atom is 0.321 e. The van der Waals surface area contributed by atoms with Crippen LogP contribution < -0.4 is 24.8 Å². The zero-order chi connectivity index (χ0) is 32.6. The van der Waals surface area contributed by atoms with Crippen LogP contribution in [0.3, 0.4) is 0 Å². The summed E-state index contributed by atoms with van der Waals surface area (Å²) in [7, 11) is -3.14. The van der Waals surface area contributed by atoms with Crippen molar-refractivity contribution in [1.82, 2.24) is 20.4 Å². The highest BCUT2D eigenvalue weighted by Crippen LogP contribution is 2.36. The fraction of sp³-hybridized carbons (Fsp3) is 0.344. The van der Waals surface area contributed by atoms with Gasteiger partial charge in [0.2, 0.25) is 0 Å². The summed E-state index contributed by atoms with van der Waals surface area (Å²) < 4.78 is 70.4. The van der Waals surface area contributed by atoms with Crippen LogP contribution in [0, 0.1) is 0 Å². The summed E-state index contributed by atoms with van der Waals surface area (Å²) in [5, 5.41) is 10.3. The van der Waals surface area contributed by atoms with Crippen molar-refractivity contribution in [2.24, 2.45) is 0 Å². The van der Waals surface area contributed by atoms with E-state index in [4.69, 9.17) is 14.2 Å². The molecule has 0 saturated carbocycles. The Balaban J connectivity index is 1.25. The summed E-state index contributed by atoms with van der Waals surface area (Å²) in [6.07, 6.45) is 1.13. The zero-order valence-corrected chi connectivity index (χ0v) is 25.9. The first-order valence-electron chi connectivity index (χ1n) is 14.7.